The first-order valence-corrected chi connectivity index (χ1v) is 7.78. The smallest absolute Gasteiger partial charge is 0.129 e. The predicted molar refractivity (Wildman–Crippen MR) is 85.2 cm³/mol. The van der Waals surface area contributed by atoms with Crippen LogP contribution in [0.4, 0.5) is 4.39 Å². The summed E-state index contributed by atoms with van der Waals surface area (Å²) in [5.41, 5.74) is 1.94. The highest BCUT2D eigenvalue weighted by atomic mass is 19.1. The van der Waals surface area contributed by atoms with Gasteiger partial charge in [-0.1, -0.05) is 0 Å². The molecule has 118 valence electrons. The molecule has 1 aliphatic heterocycles. The Labute approximate surface area is 133 Å². The van der Waals surface area contributed by atoms with Crippen LogP contribution in [-0.2, 0) is 11.3 Å². The molecule has 4 rings (SSSR count). The third kappa shape index (κ3) is 3.05. The summed E-state index contributed by atoms with van der Waals surface area (Å²) in [5, 5.41) is 0. The average molecular weight is 312 g/mol. The number of benzene rings is 2. The number of hydrogen-bond donors (Lipinski definition) is 0. The Morgan fingerprint density at radius 1 is 1.17 bits per heavy atom. The molecule has 23 heavy (non-hydrogen) atoms. The fraction of sp³-hybridized carbons (Fsp3) is 0.278. The molecule has 1 atom stereocenters. The molecule has 1 unspecified atom stereocenters. The van der Waals surface area contributed by atoms with Crippen molar-refractivity contribution in [2.24, 2.45) is 0 Å². The summed E-state index contributed by atoms with van der Waals surface area (Å²) in [6, 6.07) is 11.8. The lowest BCUT2D eigenvalue weighted by atomic mass is 10.2. The molecular formula is C18H17FN2O2. The van der Waals surface area contributed by atoms with Crippen molar-refractivity contribution in [3.63, 3.8) is 0 Å². The van der Waals surface area contributed by atoms with Crippen LogP contribution in [0.2, 0.25) is 0 Å². The Morgan fingerprint density at radius 2 is 2.00 bits per heavy atom. The van der Waals surface area contributed by atoms with Gasteiger partial charge in [-0.2, -0.15) is 0 Å². The molecular weight excluding hydrogens is 295 g/mol. The van der Waals surface area contributed by atoms with Crippen LogP contribution in [0.5, 0.6) is 11.5 Å². The van der Waals surface area contributed by atoms with E-state index in [-0.39, 0.29) is 11.9 Å². The van der Waals surface area contributed by atoms with Gasteiger partial charge in [-0.05, 0) is 49.2 Å². The minimum atomic E-state index is -0.276. The zero-order valence-electron chi connectivity index (χ0n) is 12.6. The van der Waals surface area contributed by atoms with Gasteiger partial charge in [0.1, 0.15) is 17.3 Å². The first kappa shape index (κ1) is 14.2. The van der Waals surface area contributed by atoms with E-state index < -0.39 is 0 Å². The summed E-state index contributed by atoms with van der Waals surface area (Å²) < 4.78 is 26.6. The average Bonchev–Trinajstić information content (AvgIpc) is 3.21. The van der Waals surface area contributed by atoms with Crippen molar-refractivity contribution in [3.05, 3.63) is 54.6 Å². The Kier molecular flexibility index (Phi) is 3.71. The van der Waals surface area contributed by atoms with Gasteiger partial charge < -0.3 is 14.0 Å². The largest absolute Gasteiger partial charge is 0.457 e. The van der Waals surface area contributed by atoms with Crippen molar-refractivity contribution in [1.29, 1.82) is 0 Å². The zero-order chi connectivity index (χ0) is 15.6. The number of fused-ring (bicyclic) bond motifs is 1. The maximum atomic E-state index is 13.0. The number of hydrogen-bond acceptors (Lipinski definition) is 3. The Bertz CT molecular complexity index is 808. The standard InChI is InChI=1S/C18H17FN2O2/c19-13-3-5-14(6-4-13)23-15-7-8-17-18(10-15)21(12-20-17)11-16-2-1-9-22-16/h3-8,10,12,16H,1-2,9,11H2. The molecule has 1 saturated heterocycles. The number of imidazole rings is 1. The second-order valence-corrected chi connectivity index (χ2v) is 5.74. The molecule has 0 aliphatic carbocycles. The maximum Gasteiger partial charge on any atom is 0.129 e. The van der Waals surface area contributed by atoms with Crippen LogP contribution in [0, 0.1) is 5.82 Å². The molecule has 0 bridgehead atoms. The third-order valence-electron chi connectivity index (χ3n) is 4.07. The highest BCUT2D eigenvalue weighted by Crippen LogP contribution is 2.26. The van der Waals surface area contributed by atoms with Gasteiger partial charge >= 0.3 is 0 Å². The van der Waals surface area contributed by atoms with Gasteiger partial charge in [-0.3, -0.25) is 0 Å². The quantitative estimate of drug-likeness (QED) is 0.726. The minimum absolute atomic E-state index is 0.258. The molecule has 1 aliphatic rings. The summed E-state index contributed by atoms with van der Waals surface area (Å²) in [6.07, 6.45) is 4.31. The van der Waals surface area contributed by atoms with Crippen molar-refractivity contribution in [3.8, 4) is 11.5 Å². The summed E-state index contributed by atoms with van der Waals surface area (Å²) in [7, 11) is 0. The molecule has 3 aromatic rings. The van der Waals surface area contributed by atoms with Gasteiger partial charge in [-0.25, -0.2) is 9.37 Å². The van der Waals surface area contributed by atoms with E-state index in [2.05, 4.69) is 9.55 Å². The molecule has 0 amide bonds. The Balaban J connectivity index is 1.59. The van der Waals surface area contributed by atoms with Crippen molar-refractivity contribution in [2.75, 3.05) is 6.61 Å². The van der Waals surface area contributed by atoms with Crippen LogP contribution in [-0.4, -0.2) is 22.3 Å². The first-order chi connectivity index (χ1) is 11.3. The van der Waals surface area contributed by atoms with E-state index in [0.29, 0.717) is 11.5 Å². The number of aromatic nitrogens is 2. The Hall–Kier alpha value is -2.40. The van der Waals surface area contributed by atoms with Crippen molar-refractivity contribution in [1.82, 2.24) is 9.55 Å². The first-order valence-electron chi connectivity index (χ1n) is 7.78. The van der Waals surface area contributed by atoms with E-state index in [1.54, 1.807) is 12.1 Å². The third-order valence-corrected chi connectivity index (χ3v) is 4.07. The summed E-state index contributed by atoms with van der Waals surface area (Å²) in [4.78, 5) is 4.42. The SMILES string of the molecule is Fc1ccc(Oc2ccc3ncn(CC4CCCO4)c3c2)cc1. The number of rotatable bonds is 4. The van der Waals surface area contributed by atoms with Gasteiger partial charge in [-0.15, -0.1) is 0 Å². The van der Waals surface area contributed by atoms with Crippen molar-refractivity contribution < 1.29 is 13.9 Å². The number of nitrogens with zero attached hydrogens (tertiary/aromatic N) is 2. The second-order valence-electron chi connectivity index (χ2n) is 5.74. The molecule has 0 N–H and O–H groups in total. The lowest BCUT2D eigenvalue weighted by Gasteiger charge is -2.11. The number of ether oxygens (including phenoxy) is 2. The normalized spacial score (nSPS) is 17.7. The summed E-state index contributed by atoms with van der Waals surface area (Å²) in [6.45, 7) is 1.65. The van der Waals surface area contributed by atoms with Crippen LogP contribution in [0.15, 0.2) is 48.8 Å². The van der Waals surface area contributed by atoms with Gasteiger partial charge in [0.15, 0.2) is 0 Å². The molecule has 4 nitrogen and oxygen atoms in total. The predicted octanol–water partition coefficient (Wildman–Crippen LogP) is 4.15. The fourth-order valence-electron chi connectivity index (χ4n) is 2.89. The molecule has 5 heteroatoms. The lowest BCUT2D eigenvalue weighted by Crippen LogP contribution is -2.14. The molecule has 0 saturated carbocycles. The van der Waals surface area contributed by atoms with Crippen LogP contribution in [0.1, 0.15) is 12.8 Å². The molecule has 2 heterocycles. The van der Waals surface area contributed by atoms with Crippen LogP contribution in [0.25, 0.3) is 11.0 Å². The molecule has 2 aromatic carbocycles. The second kappa shape index (κ2) is 6.01. The van der Waals surface area contributed by atoms with Crippen LogP contribution in [0.3, 0.4) is 0 Å². The molecule has 0 radical (unpaired) electrons. The highest BCUT2D eigenvalue weighted by Gasteiger charge is 2.17. The molecule has 1 aromatic heterocycles. The summed E-state index contributed by atoms with van der Waals surface area (Å²) >= 11 is 0. The van der Waals surface area contributed by atoms with E-state index in [9.17, 15) is 4.39 Å². The zero-order valence-corrected chi connectivity index (χ0v) is 12.6. The van der Waals surface area contributed by atoms with Gasteiger partial charge in [0.25, 0.3) is 0 Å². The number of halogens is 1. The van der Waals surface area contributed by atoms with E-state index in [0.717, 1.165) is 37.0 Å². The van der Waals surface area contributed by atoms with Gasteiger partial charge in [0.05, 0.1) is 30.0 Å². The maximum absolute atomic E-state index is 13.0. The van der Waals surface area contributed by atoms with E-state index in [1.807, 2.05) is 24.5 Å². The van der Waals surface area contributed by atoms with Crippen LogP contribution >= 0.6 is 0 Å². The van der Waals surface area contributed by atoms with Crippen LogP contribution < -0.4 is 4.74 Å². The molecule has 1 fully saturated rings. The van der Waals surface area contributed by atoms with Crippen molar-refractivity contribution in [2.45, 2.75) is 25.5 Å². The van der Waals surface area contributed by atoms with E-state index >= 15 is 0 Å². The Morgan fingerprint density at radius 3 is 2.78 bits per heavy atom. The van der Waals surface area contributed by atoms with E-state index in [1.165, 1.54) is 12.1 Å². The van der Waals surface area contributed by atoms with Gasteiger partial charge in [0, 0.05) is 12.7 Å². The summed E-state index contributed by atoms with van der Waals surface area (Å²) in [5.74, 6) is 1.04. The fourth-order valence-corrected chi connectivity index (χ4v) is 2.89. The van der Waals surface area contributed by atoms with Crippen molar-refractivity contribution >= 4 is 11.0 Å². The van der Waals surface area contributed by atoms with Gasteiger partial charge in [0.2, 0.25) is 0 Å². The molecule has 0 spiro atoms. The monoisotopic (exact) mass is 312 g/mol. The highest BCUT2D eigenvalue weighted by molar-refractivity contribution is 5.77. The van der Waals surface area contributed by atoms with E-state index in [4.69, 9.17) is 9.47 Å². The minimum Gasteiger partial charge on any atom is -0.457 e. The lowest BCUT2D eigenvalue weighted by molar-refractivity contribution is 0.0979. The topological polar surface area (TPSA) is 36.3 Å².